The first kappa shape index (κ1) is 21.2. The Bertz CT molecular complexity index is 1640. The van der Waals surface area contributed by atoms with Crippen LogP contribution in [-0.2, 0) is 0 Å². The third-order valence-corrected chi connectivity index (χ3v) is 6.33. The lowest BCUT2D eigenvalue weighted by Gasteiger charge is -2.04. The largest absolute Gasteiger partial charge is 0.422 e. The van der Waals surface area contributed by atoms with E-state index in [1.807, 2.05) is 30.3 Å². The van der Waals surface area contributed by atoms with E-state index in [2.05, 4.69) is 16.4 Å². The van der Waals surface area contributed by atoms with Crippen LogP contribution in [0.25, 0.3) is 38.6 Å². The molecule has 0 atom stereocenters. The van der Waals surface area contributed by atoms with Crippen LogP contribution in [0.1, 0.15) is 5.01 Å². The Labute approximate surface area is 202 Å². The van der Waals surface area contributed by atoms with Crippen molar-refractivity contribution in [3.05, 3.63) is 97.7 Å². The predicted octanol–water partition coefficient (Wildman–Crippen LogP) is 7.35. The van der Waals surface area contributed by atoms with E-state index in [4.69, 9.17) is 27.6 Å². The molecule has 0 radical (unpaired) electrons. The molecule has 0 aliphatic heterocycles. The van der Waals surface area contributed by atoms with Gasteiger partial charge in [0, 0.05) is 32.7 Å². The highest BCUT2D eigenvalue weighted by Crippen LogP contribution is 2.30. The van der Waals surface area contributed by atoms with E-state index in [-0.39, 0.29) is 0 Å². The summed E-state index contributed by atoms with van der Waals surface area (Å²) in [5.41, 5.74) is 1.76. The van der Waals surface area contributed by atoms with Gasteiger partial charge < -0.3 is 9.73 Å². The van der Waals surface area contributed by atoms with Crippen molar-refractivity contribution in [2.24, 2.45) is 0 Å². The number of thiazole rings is 1. The van der Waals surface area contributed by atoms with Gasteiger partial charge in [-0.3, -0.25) is 0 Å². The van der Waals surface area contributed by atoms with Crippen LogP contribution in [0.4, 0.5) is 5.69 Å². The van der Waals surface area contributed by atoms with Crippen molar-refractivity contribution in [2.45, 2.75) is 0 Å². The molecule has 33 heavy (non-hydrogen) atoms. The summed E-state index contributed by atoms with van der Waals surface area (Å²) in [5, 5.41) is 18.7. The molecule has 2 aromatic heterocycles. The first-order chi connectivity index (χ1) is 16.0. The minimum atomic E-state index is -0.483. The number of halogens is 2. The number of anilines is 1. The fourth-order valence-corrected chi connectivity index (χ4v) is 4.82. The van der Waals surface area contributed by atoms with Crippen LogP contribution < -0.4 is 10.9 Å². The maximum absolute atomic E-state index is 12.7. The van der Waals surface area contributed by atoms with E-state index in [0.29, 0.717) is 43.2 Å². The fourth-order valence-electron chi connectivity index (χ4n) is 3.51. The predicted molar refractivity (Wildman–Crippen MR) is 135 cm³/mol. The standard InChI is InChI=1S/C25H13Cl2N3O2S/c26-16-7-17(27)9-18(8-16)29-12-15(11-28)24-30-22(13-33-24)21-10-20-19-4-2-1-3-14(19)5-6-23(20)32-25(21)31/h1-10,12-13,29H/b15-12+. The van der Waals surface area contributed by atoms with Gasteiger partial charge in [-0.15, -0.1) is 11.3 Å². The number of nitrogens with zero attached hydrogens (tertiary/aromatic N) is 2. The van der Waals surface area contributed by atoms with Gasteiger partial charge in [-0.1, -0.05) is 53.5 Å². The molecule has 0 saturated heterocycles. The number of nitriles is 1. The Morgan fingerprint density at radius 3 is 2.64 bits per heavy atom. The second-order valence-electron chi connectivity index (χ2n) is 7.16. The summed E-state index contributed by atoms with van der Waals surface area (Å²) in [7, 11) is 0. The average Bonchev–Trinajstić information content (AvgIpc) is 3.28. The third kappa shape index (κ3) is 4.22. The zero-order valence-electron chi connectivity index (χ0n) is 16.8. The number of nitrogens with one attached hydrogen (secondary N) is 1. The van der Waals surface area contributed by atoms with E-state index >= 15 is 0 Å². The zero-order valence-corrected chi connectivity index (χ0v) is 19.1. The number of fused-ring (bicyclic) bond motifs is 3. The molecule has 5 nitrogen and oxygen atoms in total. The molecule has 3 aromatic carbocycles. The lowest BCUT2D eigenvalue weighted by molar-refractivity contribution is 0.563. The molecule has 160 valence electrons. The first-order valence-electron chi connectivity index (χ1n) is 9.76. The summed E-state index contributed by atoms with van der Waals surface area (Å²) in [6.07, 6.45) is 1.53. The van der Waals surface area contributed by atoms with E-state index in [0.717, 1.165) is 16.2 Å². The first-order valence-corrected chi connectivity index (χ1v) is 11.4. The van der Waals surface area contributed by atoms with E-state index < -0.39 is 5.63 Å². The van der Waals surface area contributed by atoms with Gasteiger partial charge in [-0.2, -0.15) is 5.26 Å². The summed E-state index contributed by atoms with van der Waals surface area (Å²) in [4.78, 5) is 17.2. The maximum Gasteiger partial charge on any atom is 0.345 e. The Balaban J connectivity index is 1.53. The molecule has 8 heteroatoms. The smallest absolute Gasteiger partial charge is 0.345 e. The van der Waals surface area contributed by atoms with Crippen molar-refractivity contribution >= 4 is 67.5 Å². The molecular weight excluding hydrogens is 477 g/mol. The highest BCUT2D eigenvalue weighted by molar-refractivity contribution is 7.11. The minimum absolute atomic E-state index is 0.304. The quantitative estimate of drug-likeness (QED) is 0.162. The van der Waals surface area contributed by atoms with Gasteiger partial charge in [-0.05, 0) is 41.1 Å². The normalized spacial score (nSPS) is 11.6. The third-order valence-electron chi connectivity index (χ3n) is 5.02. The highest BCUT2D eigenvalue weighted by Gasteiger charge is 2.15. The molecule has 0 aliphatic rings. The molecule has 0 fully saturated rings. The Kier molecular flexibility index (Phi) is 5.61. The molecule has 0 unspecified atom stereocenters. The van der Waals surface area contributed by atoms with Gasteiger partial charge in [0.05, 0.1) is 11.3 Å². The van der Waals surface area contributed by atoms with Crippen molar-refractivity contribution in [1.29, 1.82) is 5.26 Å². The number of aromatic nitrogens is 1. The van der Waals surface area contributed by atoms with Gasteiger partial charge in [0.25, 0.3) is 0 Å². The van der Waals surface area contributed by atoms with Crippen LogP contribution in [-0.4, -0.2) is 4.98 Å². The van der Waals surface area contributed by atoms with Crippen molar-refractivity contribution in [1.82, 2.24) is 4.98 Å². The summed E-state index contributed by atoms with van der Waals surface area (Å²) >= 11 is 13.3. The maximum atomic E-state index is 12.7. The molecule has 5 rings (SSSR count). The number of allylic oxidation sites excluding steroid dienone is 1. The molecule has 2 heterocycles. The van der Waals surface area contributed by atoms with Crippen molar-refractivity contribution in [3.8, 4) is 17.3 Å². The molecular formula is C25H13Cl2N3O2S. The van der Waals surface area contributed by atoms with Crippen LogP contribution in [0, 0.1) is 11.3 Å². The molecule has 0 saturated carbocycles. The van der Waals surface area contributed by atoms with Crippen LogP contribution >= 0.6 is 34.5 Å². The van der Waals surface area contributed by atoms with Crippen molar-refractivity contribution in [2.75, 3.05) is 5.32 Å². The number of hydrogen-bond donors (Lipinski definition) is 1. The molecule has 0 amide bonds. The van der Waals surface area contributed by atoms with Gasteiger partial charge in [0.15, 0.2) is 0 Å². The zero-order chi connectivity index (χ0) is 22.9. The van der Waals surface area contributed by atoms with E-state index in [9.17, 15) is 10.1 Å². The SMILES string of the molecule is N#C/C(=C\Nc1cc(Cl)cc(Cl)c1)c1nc(-c2cc3c(ccc4ccccc43)oc2=O)cs1. The second kappa shape index (κ2) is 8.72. The monoisotopic (exact) mass is 489 g/mol. The lowest BCUT2D eigenvalue weighted by Crippen LogP contribution is -2.03. The van der Waals surface area contributed by atoms with Gasteiger partial charge in [-0.25, -0.2) is 9.78 Å². The summed E-state index contributed by atoms with van der Waals surface area (Å²) in [6.45, 7) is 0. The molecule has 0 aliphatic carbocycles. The molecule has 1 N–H and O–H groups in total. The minimum Gasteiger partial charge on any atom is -0.422 e. The van der Waals surface area contributed by atoms with Crippen LogP contribution in [0.2, 0.25) is 10.0 Å². The van der Waals surface area contributed by atoms with E-state index in [1.165, 1.54) is 17.5 Å². The van der Waals surface area contributed by atoms with Gasteiger partial charge >= 0.3 is 5.63 Å². The summed E-state index contributed by atoms with van der Waals surface area (Å²) in [5.74, 6) is 0. The Morgan fingerprint density at radius 2 is 1.85 bits per heavy atom. The second-order valence-corrected chi connectivity index (χ2v) is 8.89. The van der Waals surface area contributed by atoms with Crippen LogP contribution in [0.3, 0.4) is 0 Å². The number of rotatable bonds is 4. The molecule has 0 bridgehead atoms. The summed E-state index contributed by atoms with van der Waals surface area (Å²) in [6, 6.07) is 20.5. The topological polar surface area (TPSA) is 78.9 Å². The van der Waals surface area contributed by atoms with Gasteiger partial charge in [0.2, 0.25) is 0 Å². The Morgan fingerprint density at radius 1 is 1.06 bits per heavy atom. The van der Waals surface area contributed by atoms with Crippen LogP contribution in [0.5, 0.6) is 0 Å². The lowest BCUT2D eigenvalue weighted by atomic mass is 10.0. The van der Waals surface area contributed by atoms with Crippen molar-refractivity contribution in [3.63, 3.8) is 0 Å². The molecule has 0 spiro atoms. The molecule has 5 aromatic rings. The van der Waals surface area contributed by atoms with E-state index in [1.54, 1.807) is 35.7 Å². The highest BCUT2D eigenvalue weighted by atomic mass is 35.5. The number of benzene rings is 3. The average molecular weight is 490 g/mol. The fraction of sp³-hybridized carbons (Fsp3) is 0. The van der Waals surface area contributed by atoms with Crippen LogP contribution in [0.15, 0.2) is 81.5 Å². The Hall–Kier alpha value is -3.63. The summed E-state index contributed by atoms with van der Waals surface area (Å²) < 4.78 is 5.57. The van der Waals surface area contributed by atoms with Crippen molar-refractivity contribution < 1.29 is 4.42 Å². The van der Waals surface area contributed by atoms with Gasteiger partial charge in [0.1, 0.15) is 22.2 Å². The number of hydrogen-bond acceptors (Lipinski definition) is 6.